The molecule has 2 aromatic rings. The minimum atomic E-state index is -4.16. The Labute approximate surface area is 194 Å². The number of rotatable bonds is 8. The third kappa shape index (κ3) is 5.69. The highest BCUT2D eigenvalue weighted by Gasteiger charge is 2.29. The van der Waals surface area contributed by atoms with Crippen LogP contribution < -0.4 is 9.62 Å². The fourth-order valence-corrected chi connectivity index (χ4v) is 6.03. The molecule has 1 aliphatic heterocycles. The number of piperidine rings is 1. The predicted molar refractivity (Wildman–Crippen MR) is 124 cm³/mol. The molecule has 3 rings (SSSR count). The lowest BCUT2D eigenvalue weighted by Gasteiger charge is -2.27. The van der Waals surface area contributed by atoms with Gasteiger partial charge in [0, 0.05) is 32.9 Å². The van der Waals surface area contributed by atoms with E-state index < -0.39 is 38.5 Å². The number of nitrogens with zero attached hydrogens (tertiary/aromatic N) is 3. The van der Waals surface area contributed by atoms with E-state index in [1.807, 2.05) is 0 Å². The average molecular weight is 499 g/mol. The maximum Gasteiger partial charge on any atom is 0.304 e. The zero-order chi connectivity index (χ0) is 24.2. The molecule has 1 saturated heterocycles. The van der Waals surface area contributed by atoms with Gasteiger partial charge < -0.3 is 5.32 Å². The number of amides is 1. The van der Waals surface area contributed by atoms with Crippen LogP contribution in [0.5, 0.6) is 0 Å². The van der Waals surface area contributed by atoms with E-state index in [2.05, 4.69) is 5.32 Å². The molecule has 180 valence electrons. The summed E-state index contributed by atoms with van der Waals surface area (Å²) in [6.45, 7) is 0.287. The second kappa shape index (κ2) is 10.2. The number of sulfonamides is 1. The lowest BCUT2D eigenvalue weighted by atomic mass is 10.2. The molecule has 1 heterocycles. The van der Waals surface area contributed by atoms with Gasteiger partial charge in [-0.15, -0.1) is 0 Å². The second-order valence-corrected chi connectivity index (χ2v) is 11.8. The first-order valence-electron chi connectivity index (χ1n) is 10.4. The van der Waals surface area contributed by atoms with E-state index in [1.165, 1.54) is 60.9 Å². The van der Waals surface area contributed by atoms with Gasteiger partial charge in [-0.3, -0.25) is 4.79 Å². The molecule has 1 aliphatic rings. The standard InChI is InChI=1S/C21H27FN4O5S2/c1-24(2)33(30,31)26(20-9-5-4-8-19(20)22)16-21(27)23-17-10-12-18(13-11-17)32(28,29)25-14-6-3-7-15-25/h4-5,8-13H,3,6-7,14-16H2,1-2H3,(H,23,27). The fraction of sp³-hybridized carbons (Fsp3) is 0.381. The number of halogens is 1. The van der Waals surface area contributed by atoms with E-state index in [4.69, 9.17) is 0 Å². The monoisotopic (exact) mass is 498 g/mol. The van der Waals surface area contributed by atoms with Crippen molar-refractivity contribution in [2.45, 2.75) is 24.2 Å². The van der Waals surface area contributed by atoms with Crippen LogP contribution in [0.2, 0.25) is 0 Å². The maximum absolute atomic E-state index is 14.3. The van der Waals surface area contributed by atoms with Crippen LogP contribution in [0.25, 0.3) is 0 Å². The van der Waals surface area contributed by atoms with Crippen LogP contribution in [0.15, 0.2) is 53.4 Å². The Kier molecular flexibility index (Phi) is 7.73. The van der Waals surface area contributed by atoms with Gasteiger partial charge in [-0.1, -0.05) is 18.6 Å². The number of benzene rings is 2. The van der Waals surface area contributed by atoms with Crippen molar-refractivity contribution < 1.29 is 26.0 Å². The summed E-state index contributed by atoms with van der Waals surface area (Å²) in [5, 5.41) is 2.54. The van der Waals surface area contributed by atoms with Gasteiger partial charge in [0.1, 0.15) is 12.4 Å². The Morgan fingerprint density at radius 2 is 1.58 bits per heavy atom. The molecule has 0 unspecified atom stereocenters. The molecule has 0 atom stereocenters. The quantitative estimate of drug-likeness (QED) is 0.601. The lowest BCUT2D eigenvalue weighted by molar-refractivity contribution is -0.114. The number of nitrogens with one attached hydrogen (secondary N) is 1. The van der Waals surface area contributed by atoms with Crippen LogP contribution in [-0.4, -0.2) is 65.1 Å². The first-order chi connectivity index (χ1) is 15.5. The summed E-state index contributed by atoms with van der Waals surface area (Å²) in [7, 11) is -5.21. The summed E-state index contributed by atoms with van der Waals surface area (Å²) in [5.74, 6) is -1.50. The Morgan fingerprint density at radius 3 is 2.15 bits per heavy atom. The molecule has 33 heavy (non-hydrogen) atoms. The smallest absolute Gasteiger partial charge is 0.304 e. The molecule has 12 heteroatoms. The summed E-state index contributed by atoms with van der Waals surface area (Å²) in [6, 6.07) is 10.9. The molecule has 0 saturated carbocycles. The molecule has 0 aromatic heterocycles. The van der Waals surface area contributed by atoms with Crippen LogP contribution in [-0.2, 0) is 25.0 Å². The van der Waals surface area contributed by atoms with Crippen molar-refractivity contribution in [1.82, 2.24) is 8.61 Å². The number of carbonyl (C=O) groups excluding carboxylic acids is 1. The Hall–Kier alpha value is -2.54. The van der Waals surface area contributed by atoms with Crippen molar-refractivity contribution in [2.24, 2.45) is 0 Å². The molecular formula is C21H27FN4O5S2. The molecule has 2 aromatic carbocycles. The van der Waals surface area contributed by atoms with Crippen molar-refractivity contribution in [1.29, 1.82) is 0 Å². The lowest BCUT2D eigenvalue weighted by Crippen LogP contribution is -2.44. The van der Waals surface area contributed by atoms with Gasteiger partial charge in [0.2, 0.25) is 15.9 Å². The Balaban J connectivity index is 1.76. The van der Waals surface area contributed by atoms with E-state index in [0.29, 0.717) is 17.4 Å². The molecular weight excluding hydrogens is 471 g/mol. The molecule has 0 bridgehead atoms. The van der Waals surface area contributed by atoms with Crippen molar-refractivity contribution in [3.63, 3.8) is 0 Å². The number of para-hydroxylation sites is 1. The molecule has 0 spiro atoms. The Bertz CT molecular complexity index is 1200. The molecule has 1 fully saturated rings. The van der Waals surface area contributed by atoms with E-state index >= 15 is 0 Å². The van der Waals surface area contributed by atoms with E-state index in [-0.39, 0.29) is 16.3 Å². The normalized spacial score (nSPS) is 15.4. The summed E-state index contributed by atoms with van der Waals surface area (Å²) < 4.78 is 68.2. The third-order valence-corrected chi connectivity index (χ3v) is 8.96. The summed E-state index contributed by atoms with van der Waals surface area (Å²) in [4.78, 5) is 12.7. The predicted octanol–water partition coefficient (Wildman–Crippen LogP) is 2.25. The van der Waals surface area contributed by atoms with Gasteiger partial charge in [-0.2, -0.15) is 17.0 Å². The topological polar surface area (TPSA) is 107 Å². The number of carbonyl (C=O) groups is 1. The first kappa shape index (κ1) is 25.1. The highest BCUT2D eigenvalue weighted by Crippen LogP contribution is 2.24. The minimum absolute atomic E-state index is 0.116. The first-order valence-corrected chi connectivity index (χ1v) is 13.2. The zero-order valence-electron chi connectivity index (χ0n) is 18.4. The third-order valence-electron chi connectivity index (χ3n) is 5.24. The summed E-state index contributed by atoms with van der Waals surface area (Å²) in [6.07, 6.45) is 2.65. The SMILES string of the molecule is CN(C)S(=O)(=O)N(CC(=O)Nc1ccc(S(=O)(=O)N2CCCCC2)cc1)c1ccccc1F. The van der Waals surface area contributed by atoms with Crippen molar-refractivity contribution in [3.8, 4) is 0 Å². The molecule has 0 aliphatic carbocycles. The molecule has 1 amide bonds. The van der Waals surface area contributed by atoms with Crippen LogP contribution in [0.4, 0.5) is 15.8 Å². The van der Waals surface area contributed by atoms with Crippen LogP contribution in [0, 0.1) is 5.82 Å². The van der Waals surface area contributed by atoms with Crippen LogP contribution >= 0.6 is 0 Å². The summed E-state index contributed by atoms with van der Waals surface area (Å²) in [5.41, 5.74) is 0.0256. The van der Waals surface area contributed by atoms with Crippen molar-refractivity contribution in [2.75, 3.05) is 43.4 Å². The maximum atomic E-state index is 14.3. The van der Waals surface area contributed by atoms with Gasteiger partial charge in [0.25, 0.3) is 0 Å². The van der Waals surface area contributed by atoms with E-state index in [0.717, 1.165) is 29.6 Å². The number of anilines is 2. The van der Waals surface area contributed by atoms with Gasteiger partial charge in [0.15, 0.2) is 0 Å². The van der Waals surface area contributed by atoms with Crippen LogP contribution in [0.1, 0.15) is 19.3 Å². The average Bonchev–Trinajstić information content (AvgIpc) is 2.79. The van der Waals surface area contributed by atoms with Crippen molar-refractivity contribution in [3.05, 3.63) is 54.3 Å². The molecule has 0 radical (unpaired) electrons. The van der Waals surface area contributed by atoms with E-state index in [1.54, 1.807) is 0 Å². The number of hydrogen-bond donors (Lipinski definition) is 1. The molecule has 9 nitrogen and oxygen atoms in total. The zero-order valence-corrected chi connectivity index (χ0v) is 20.1. The van der Waals surface area contributed by atoms with Gasteiger partial charge in [-0.05, 0) is 49.2 Å². The molecule has 1 N–H and O–H groups in total. The van der Waals surface area contributed by atoms with Crippen molar-refractivity contribution >= 4 is 37.5 Å². The van der Waals surface area contributed by atoms with Crippen LogP contribution in [0.3, 0.4) is 0 Å². The minimum Gasteiger partial charge on any atom is -0.325 e. The second-order valence-electron chi connectivity index (χ2n) is 7.79. The van der Waals surface area contributed by atoms with Gasteiger partial charge in [0.05, 0.1) is 10.6 Å². The highest BCUT2D eigenvalue weighted by atomic mass is 32.2. The Morgan fingerprint density at radius 1 is 0.970 bits per heavy atom. The van der Waals surface area contributed by atoms with E-state index in [9.17, 15) is 26.0 Å². The highest BCUT2D eigenvalue weighted by molar-refractivity contribution is 7.90. The van der Waals surface area contributed by atoms with Gasteiger partial charge in [-0.25, -0.2) is 17.1 Å². The van der Waals surface area contributed by atoms with Gasteiger partial charge >= 0.3 is 10.2 Å². The largest absolute Gasteiger partial charge is 0.325 e. The summed E-state index contributed by atoms with van der Waals surface area (Å²) >= 11 is 0. The number of hydrogen-bond acceptors (Lipinski definition) is 5. The fourth-order valence-electron chi connectivity index (χ4n) is 3.44.